The second-order valence-corrected chi connectivity index (χ2v) is 4.80. The van der Waals surface area contributed by atoms with Crippen molar-refractivity contribution < 1.29 is 14.0 Å². The maximum atomic E-state index is 6.01. The van der Waals surface area contributed by atoms with E-state index in [2.05, 4.69) is 10.5 Å². The quantitative estimate of drug-likeness (QED) is 0.849. The molecule has 0 bridgehead atoms. The van der Waals surface area contributed by atoms with Crippen LogP contribution in [0.1, 0.15) is 29.5 Å². The van der Waals surface area contributed by atoms with E-state index in [0.29, 0.717) is 13.2 Å². The lowest BCUT2D eigenvalue weighted by Crippen LogP contribution is -2.09. The second kappa shape index (κ2) is 7.13. The molecule has 0 amide bonds. The minimum atomic E-state index is 0.419. The van der Waals surface area contributed by atoms with E-state index in [1.54, 1.807) is 0 Å². The van der Waals surface area contributed by atoms with Gasteiger partial charge in [-0.15, -0.1) is 0 Å². The number of nitrogens with one attached hydrogen (secondary N) is 1. The number of rotatable bonds is 7. The minimum absolute atomic E-state index is 0.419. The predicted octanol–water partition coefficient (Wildman–Crippen LogP) is 2.99. The van der Waals surface area contributed by atoms with Crippen LogP contribution in [0.3, 0.4) is 0 Å². The molecule has 0 unspecified atom stereocenters. The summed E-state index contributed by atoms with van der Waals surface area (Å²) in [5.41, 5.74) is 2.91. The van der Waals surface area contributed by atoms with Gasteiger partial charge in [0, 0.05) is 12.1 Å². The maximum Gasteiger partial charge on any atom is 0.166 e. The molecular formula is C16H22N2O3. The Kier molecular flexibility index (Phi) is 5.22. The van der Waals surface area contributed by atoms with Crippen molar-refractivity contribution in [2.75, 3.05) is 13.7 Å². The van der Waals surface area contributed by atoms with Crippen LogP contribution in [0.5, 0.6) is 11.5 Å². The maximum absolute atomic E-state index is 6.01. The van der Waals surface area contributed by atoms with Crippen LogP contribution < -0.4 is 14.8 Å². The normalized spacial score (nSPS) is 10.7. The molecule has 0 spiro atoms. The van der Waals surface area contributed by atoms with Gasteiger partial charge in [0.25, 0.3) is 0 Å². The Bertz CT molecular complexity index is 549. The SMILES string of the molecule is CCOc1cccc(CNC)c1OCc1c(C)noc1C. The van der Waals surface area contributed by atoms with Gasteiger partial charge < -0.3 is 19.3 Å². The average Bonchev–Trinajstić information content (AvgIpc) is 2.78. The van der Waals surface area contributed by atoms with Crippen LogP contribution in [-0.2, 0) is 13.2 Å². The number of aryl methyl sites for hydroxylation is 2. The van der Waals surface area contributed by atoms with Gasteiger partial charge in [-0.3, -0.25) is 0 Å². The van der Waals surface area contributed by atoms with Gasteiger partial charge >= 0.3 is 0 Å². The van der Waals surface area contributed by atoms with Gasteiger partial charge in [0.05, 0.1) is 17.9 Å². The van der Waals surface area contributed by atoms with Gasteiger partial charge in [0.2, 0.25) is 0 Å². The molecule has 0 saturated heterocycles. The highest BCUT2D eigenvalue weighted by molar-refractivity contribution is 5.46. The van der Waals surface area contributed by atoms with E-state index in [4.69, 9.17) is 14.0 Å². The van der Waals surface area contributed by atoms with E-state index >= 15 is 0 Å². The smallest absolute Gasteiger partial charge is 0.166 e. The highest BCUT2D eigenvalue weighted by Crippen LogP contribution is 2.32. The van der Waals surface area contributed by atoms with Crippen molar-refractivity contribution in [1.82, 2.24) is 10.5 Å². The molecule has 0 atom stereocenters. The third-order valence-corrected chi connectivity index (χ3v) is 3.27. The molecule has 1 heterocycles. The number of nitrogens with zero attached hydrogens (tertiary/aromatic N) is 1. The summed E-state index contributed by atoms with van der Waals surface area (Å²) in [5.74, 6) is 2.32. The molecule has 0 aliphatic carbocycles. The van der Waals surface area contributed by atoms with Crippen molar-refractivity contribution in [3.05, 3.63) is 40.8 Å². The van der Waals surface area contributed by atoms with Crippen molar-refractivity contribution in [3.8, 4) is 11.5 Å². The number of benzene rings is 1. The fourth-order valence-electron chi connectivity index (χ4n) is 2.18. The molecule has 0 radical (unpaired) electrons. The van der Waals surface area contributed by atoms with Gasteiger partial charge in [-0.2, -0.15) is 0 Å². The first kappa shape index (κ1) is 15.4. The summed E-state index contributed by atoms with van der Waals surface area (Å²) in [6, 6.07) is 5.92. The van der Waals surface area contributed by atoms with Crippen LogP contribution in [-0.4, -0.2) is 18.8 Å². The van der Waals surface area contributed by atoms with E-state index in [-0.39, 0.29) is 0 Å². The number of hydrogen-bond donors (Lipinski definition) is 1. The Balaban J connectivity index is 2.24. The molecule has 2 aromatic rings. The van der Waals surface area contributed by atoms with Gasteiger partial charge in [0.15, 0.2) is 11.5 Å². The van der Waals surface area contributed by atoms with E-state index in [1.165, 1.54) is 0 Å². The Morgan fingerprint density at radius 1 is 1.24 bits per heavy atom. The fourth-order valence-corrected chi connectivity index (χ4v) is 2.18. The van der Waals surface area contributed by atoms with E-state index in [9.17, 15) is 0 Å². The highest BCUT2D eigenvalue weighted by atomic mass is 16.5. The molecule has 0 fully saturated rings. The zero-order valence-electron chi connectivity index (χ0n) is 13.0. The molecule has 1 aromatic carbocycles. The molecule has 114 valence electrons. The molecule has 1 N–H and O–H groups in total. The molecule has 0 saturated carbocycles. The molecule has 0 aliphatic heterocycles. The number of ether oxygens (including phenoxy) is 2. The standard InChI is InChI=1S/C16H22N2O3/c1-5-19-15-8-6-7-13(9-17-4)16(15)20-10-14-11(2)18-21-12(14)3/h6-8,17H,5,9-10H2,1-4H3. The van der Waals surface area contributed by atoms with Gasteiger partial charge in [-0.1, -0.05) is 17.3 Å². The molecule has 21 heavy (non-hydrogen) atoms. The van der Waals surface area contributed by atoms with E-state index in [1.807, 2.05) is 46.0 Å². The van der Waals surface area contributed by atoms with Gasteiger partial charge in [-0.25, -0.2) is 0 Å². The summed E-state index contributed by atoms with van der Waals surface area (Å²) < 4.78 is 16.8. The summed E-state index contributed by atoms with van der Waals surface area (Å²) >= 11 is 0. The average molecular weight is 290 g/mol. The molecule has 2 rings (SSSR count). The predicted molar refractivity (Wildman–Crippen MR) is 80.7 cm³/mol. The molecule has 1 aromatic heterocycles. The first-order valence-corrected chi connectivity index (χ1v) is 7.11. The third-order valence-electron chi connectivity index (χ3n) is 3.27. The number of hydrogen-bond acceptors (Lipinski definition) is 5. The highest BCUT2D eigenvalue weighted by Gasteiger charge is 2.14. The largest absolute Gasteiger partial charge is 0.490 e. The fraction of sp³-hybridized carbons (Fsp3) is 0.438. The van der Waals surface area contributed by atoms with E-state index < -0.39 is 0 Å². The summed E-state index contributed by atoms with van der Waals surface area (Å²) in [6.07, 6.45) is 0. The second-order valence-electron chi connectivity index (χ2n) is 4.80. The van der Waals surface area contributed by atoms with Crippen LogP contribution in [0.15, 0.2) is 22.7 Å². The lowest BCUT2D eigenvalue weighted by molar-refractivity contribution is 0.264. The Hall–Kier alpha value is -2.01. The summed E-state index contributed by atoms with van der Waals surface area (Å²) in [6.45, 7) is 7.51. The molecule has 5 heteroatoms. The Morgan fingerprint density at radius 2 is 2.05 bits per heavy atom. The first-order chi connectivity index (χ1) is 10.2. The van der Waals surface area contributed by atoms with Crippen LogP contribution in [0.25, 0.3) is 0 Å². The van der Waals surface area contributed by atoms with Crippen molar-refractivity contribution in [1.29, 1.82) is 0 Å². The van der Waals surface area contributed by atoms with Crippen molar-refractivity contribution >= 4 is 0 Å². The zero-order chi connectivity index (χ0) is 15.2. The first-order valence-electron chi connectivity index (χ1n) is 7.11. The molecule has 0 aliphatic rings. The van der Waals surface area contributed by atoms with Crippen LogP contribution in [0.2, 0.25) is 0 Å². The zero-order valence-corrected chi connectivity index (χ0v) is 13.0. The van der Waals surface area contributed by atoms with E-state index in [0.717, 1.165) is 40.6 Å². The third kappa shape index (κ3) is 3.55. The number of aromatic nitrogens is 1. The van der Waals surface area contributed by atoms with Gasteiger partial charge in [-0.05, 0) is 33.9 Å². The monoisotopic (exact) mass is 290 g/mol. The van der Waals surface area contributed by atoms with Crippen molar-refractivity contribution in [2.45, 2.75) is 33.9 Å². The lowest BCUT2D eigenvalue weighted by Gasteiger charge is -2.15. The minimum Gasteiger partial charge on any atom is -0.490 e. The molecule has 5 nitrogen and oxygen atoms in total. The van der Waals surface area contributed by atoms with Crippen LogP contribution >= 0.6 is 0 Å². The molecular weight excluding hydrogens is 268 g/mol. The summed E-state index contributed by atoms with van der Waals surface area (Å²) in [7, 11) is 1.91. The topological polar surface area (TPSA) is 56.5 Å². The summed E-state index contributed by atoms with van der Waals surface area (Å²) in [4.78, 5) is 0. The number of para-hydroxylation sites is 1. The Labute approximate surface area is 125 Å². The Morgan fingerprint density at radius 3 is 2.67 bits per heavy atom. The van der Waals surface area contributed by atoms with Crippen LogP contribution in [0, 0.1) is 13.8 Å². The van der Waals surface area contributed by atoms with Crippen molar-refractivity contribution in [3.63, 3.8) is 0 Å². The van der Waals surface area contributed by atoms with Crippen LogP contribution in [0.4, 0.5) is 0 Å². The lowest BCUT2D eigenvalue weighted by atomic mass is 10.1. The van der Waals surface area contributed by atoms with Crippen molar-refractivity contribution in [2.24, 2.45) is 0 Å². The summed E-state index contributed by atoms with van der Waals surface area (Å²) in [5, 5.41) is 7.09. The van der Waals surface area contributed by atoms with Gasteiger partial charge in [0.1, 0.15) is 12.4 Å².